The molecule has 0 atom stereocenters. The normalized spacial score (nSPS) is 10.8. The van der Waals surface area contributed by atoms with E-state index >= 15 is 0 Å². The van der Waals surface area contributed by atoms with Crippen LogP contribution >= 0.6 is 0 Å². The largest absolute Gasteiger partial charge is 0.497 e. The molecule has 7 heteroatoms. The van der Waals surface area contributed by atoms with Crippen LogP contribution in [0.15, 0.2) is 65.2 Å². The lowest BCUT2D eigenvalue weighted by Gasteiger charge is -2.15. The highest BCUT2D eigenvalue weighted by Gasteiger charge is 2.17. The standard InChI is InChI=1S/C25H25N3O4/c1-28(24(29)14-11-18-9-6-8-17-7-4-5-10-20(17)18)16-23-26-25(27-32-23)21-13-12-19(30-2)15-22(21)31-3/h4-10,12-13,15H,11,14,16H2,1-3H3. The Balaban J connectivity index is 1.41. The third kappa shape index (κ3) is 4.56. The number of nitrogens with zero attached hydrogens (tertiary/aromatic N) is 3. The molecule has 0 bridgehead atoms. The number of carbonyl (C=O) groups is 1. The Hall–Kier alpha value is -3.87. The molecule has 0 unspecified atom stereocenters. The zero-order valence-corrected chi connectivity index (χ0v) is 18.4. The van der Waals surface area contributed by atoms with Crippen molar-refractivity contribution in [3.8, 4) is 22.9 Å². The van der Waals surface area contributed by atoms with E-state index in [1.165, 1.54) is 10.8 Å². The SMILES string of the molecule is COc1ccc(-c2noc(CN(C)C(=O)CCc3cccc4ccccc34)n2)c(OC)c1. The van der Waals surface area contributed by atoms with Gasteiger partial charge in [0.2, 0.25) is 17.6 Å². The Labute approximate surface area is 186 Å². The van der Waals surface area contributed by atoms with Crippen molar-refractivity contribution < 1.29 is 18.8 Å². The second-order valence-corrected chi connectivity index (χ2v) is 7.47. The first-order chi connectivity index (χ1) is 15.6. The van der Waals surface area contributed by atoms with Crippen LogP contribution < -0.4 is 9.47 Å². The van der Waals surface area contributed by atoms with Gasteiger partial charge in [-0.25, -0.2) is 0 Å². The molecule has 0 N–H and O–H groups in total. The summed E-state index contributed by atoms with van der Waals surface area (Å²) in [4.78, 5) is 18.7. The van der Waals surface area contributed by atoms with Gasteiger partial charge in [0, 0.05) is 19.5 Å². The molecule has 0 aliphatic rings. The molecule has 3 aromatic carbocycles. The average molecular weight is 431 g/mol. The second-order valence-electron chi connectivity index (χ2n) is 7.47. The van der Waals surface area contributed by atoms with Crippen LogP contribution in [0.2, 0.25) is 0 Å². The number of fused-ring (bicyclic) bond motifs is 1. The third-order valence-corrected chi connectivity index (χ3v) is 5.40. The first kappa shape index (κ1) is 21.4. The number of rotatable bonds is 8. The van der Waals surface area contributed by atoms with Crippen LogP contribution in [-0.4, -0.2) is 42.2 Å². The van der Waals surface area contributed by atoms with Gasteiger partial charge in [-0.2, -0.15) is 4.98 Å². The number of aryl methyl sites for hydroxylation is 1. The maximum absolute atomic E-state index is 12.7. The number of benzene rings is 3. The highest BCUT2D eigenvalue weighted by molar-refractivity contribution is 5.86. The summed E-state index contributed by atoms with van der Waals surface area (Å²) in [7, 11) is 4.90. The summed E-state index contributed by atoms with van der Waals surface area (Å²) >= 11 is 0. The molecule has 0 fully saturated rings. The van der Waals surface area contributed by atoms with Crippen LogP contribution in [0.3, 0.4) is 0 Å². The fourth-order valence-corrected chi connectivity index (χ4v) is 3.65. The summed E-state index contributed by atoms with van der Waals surface area (Å²) in [5.41, 5.74) is 1.85. The van der Waals surface area contributed by atoms with Crippen LogP contribution in [0.25, 0.3) is 22.2 Å². The third-order valence-electron chi connectivity index (χ3n) is 5.40. The topological polar surface area (TPSA) is 77.7 Å². The summed E-state index contributed by atoms with van der Waals surface area (Å²) in [6.07, 6.45) is 1.07. The fourth-order valence-electron chi connectivity index (χ4n) is 3.65. The summed E-state index contributed by atoms with van der Waals surface area (Å²) < 4.78 is 16.0. The molecule has 0 saturated carbocycles. The molecular formula is C25H25N3O4. The Morgan fingerprint density at radius 3 is 2.66 bits per heavy atom. The molecule has 1 aromatic heterocycles. The second kappa shape index (κ2) is 9.51. The number of hydrogen-bond donors (Lipinski definition) is 0. The van der Waals surface area contributed by atoms with Gasteiger partial charge >= 0.3 is 0 Å². The molecular weight excluding hydrogens is 406 g/mol. The Morgan fingerprint density at radius 1 is 1.03 bits per heavy atom. The highest BCUT2D eigenvalue weighted by Crippen LogP contribution is 2.31. The number of hydrogen-bond acceptors (Lipinski definition) is 6. The molecule has 4 rings (SSSR count). The first-order valence-electron chi connectivity index (χ1n) is 10.3. The van der Waals surface area contributed by atoms with E-state index < -0.39 is 0 Å². The number of aromatic nitrogens is 2. The molecule has 1 heterocycles. The van der Waals surface area contributed by atoms with E-state index in [0.717, 1.165) is 5.56 Å². The van der Waals surface area contributed by atoms with E-state index in [-0.39, 0.29) is 12.5 Å². The van der Waals surface area contributed by atoms with E-state index in [0.29, 0.717) is 41.6 Å². The van der Waals surface area contributed by atoms with Gasteiger partial charge in [0.1, 0.15) is 11.5 Å². The lowest BCUT2D eigenvalue weighted by Crippen LogP contribution is -2.26. The lowest BCUT2D eigenvalue weighted by atomic mass is 10.0. The van der Waals surface area contributed by atoms with Gasteiger partial charge in [-0.1, -0.05) is 47.6 Å². The minimum absolute atomic E-state index is 0.0136. The van der Waals surface area contributed by atoms with Crippen LogP contribution in [0.4, 0.5) is 0 Å². The number of carbonyl (C=O) groups excluding carboxylic acids is 1. The molecule has 1 amide bonds. The lowest BCUT2D eigenvalue weighted by molar-refractivity contribution is -0.130. The van der Waals surface area contributed by atoms with Gasteiger partial charge in [-0.05, 0) is 34.9 Å². The predicted molar refractivity (Wildman–Crippen MR) is 122 cm³/mol. The molecule has 7 nitrogen and oxygen atoms in total. The van der Waals surface area contributed by atoms with E-state index in [9.17, 15) is 4.79 Å². The van der Waals surface area contributed by atoms with Crippen LogP contribution in [0.1, 0.15) is 17.9 Å². The van der Waals surface area contributed by atoms with Crippen molar-refractivity contribution in [1.29, 1.82) is 0 Å². The van der Waals surface area contributed by atoms with Crippen molar-refractivity contribution in [2.24, 2.45) is 0 Å². The molecule has 0 aliphatic heterocycles. The van der Waals surface area contributed by atoms with Gasteiger partial charge in [0.25, 0.3) is 0 Å². The smallest absolute Gasteiger partial charge is 0.246 e. The summed E-state index contributed by atoms with van der Waals surface area (Å²) in [6.45, 7) is 0.236. The van der Waals surface area contributed by atoms with Crippen molar-refractivity contribution in [2.75, 3.05) is 21.3 Å². The van der Waals surface area contributed by atoms with Gasteiger partial charge in [-0.3, -0.25) is 4.79 Å². The predicted octanol–water partition coefficient (Wildman–Crippen LogP) is 4.50. The van der Waals surface area contributed by atoms with Crippen LogP contribution in [-0.2, 0) is 17.8 Å². The Bertz CT molecular complexity index is 1230. The molecule has 0 saturated heterocycles. The quantitative estimate of drug-likeness (QED) is 0.409. The van der Waals surface area contributed by atoms with Crippen molar-refractivity contribution in [3.05, 3.63) is 72.1 Å². The van der Waals surface area contributed by atoms with E-state index in [1.807, 2.05) is 24.3 Å². The Morgan fingerprint density at radius 2 is 1.84 bits per heavy atom. The number of methoxy groups -OCH3 is 2. The van der Waals surface area contributed by atoms with Gasteiger partial charge in [0.15, 0.2) is 0 Å². The highest BCUT2D eigenvalue weighted by atomic mass is 16.5. The van der Waals surface area contributed by atoms with Crippen molar-refractivity contribution in [1.82, 2.24) is 15.0 Å². The summed E-state index contributed by atoms with van der Waals surface area (Å²) in [6, 6.07) is 19.8. The van der Waals surface area contributed by atoms with Crippen LogP contribution in [0, 0.1) is 0 Å². The molecule has 0 aliphatic carbocycles. The average Bonchev–Trinajstić information content (AvgIpc) is 3.30. The summed E-state index contributed by atoms with van der Waals surface area (Å²) in [5.74, 6) is 2.02. The van der Waals surface area contributed by atoms with Crippen molar-refractivity contribution in [3.63, 3.8) is 0 Å². The number of ether oxygens (including phenoxy) is 2. The maximum Gasteiger partial charge on any atom is 0.246 e. The van der Waals surface area contributed by atoms with Crippen molar-refractivity contribution in [2.45, 2.75) is 19.4 Å². The summed E-state index contributed by atoms with van der Waals surface area (Å²) in [5, 5.41) is 6.41. The monoisotopic (exact) mass is 431 g/mol. The fraction of sp³-hybridized carbons (Fsp3) is 0.240. The molecule has 0 spiro atoms. The molecule has 0 radical (unpaired) electrons. The zero-order chi connectivity index (χ0) is 22.5. The van der Waals surface area contributed by atoms with E-state index in [2.05, 4.69) is 34.4 Å². The molecule has 32 heavy (non-hydrogen) atoms. The Kier molecular flexibility index (Phi) is 6.35. The zero-order valence-electron chi connectivity index (χ0n) is 18.4. The van der Waals surface area contributed by atoms with Crippen LogP contribution in [0.5, 0.6) is 11.5 Å². The van der Waals surface area contributed by atoms with Crippen molar-refractivity contribution >= 4 is 16.7 Å². The number of amides is 1. The van der Waals surface area contributed by atoms with Gasteiger partial charge in [-0.15, -0.1) is 0 Å². The maximum atomic E-state index is 12.7. The first-order valence-corrected chi connectivity index (χ1v) is 10.3. The minimum atomic E-state index is 0.0136. The minimum Gasteiger partial charge on any atom is -0.497 e. The molecule has 164 valence electrons. The molecule has 4 aromatic rings. The van der Waals surface area contributed by atoms with E-state index in [4.69, 9.17) is 14.0 Å². The van der Waals surface area contributed by atoms with Gasteiger partial charge in [0.05, 0.1) is 26.3 Å². The van der Waals surface area contributed by atoms with E-state index in [1.54, 1.807) is 38.3 Å². The van der Waals surface area contributed by atoms with Gasteiger partial charge < -0.3 is 18.9 Å².